The van der Waals surface area contributed by atoms with Gasteiger partial charge in [0.2, 0.25) is 5.91 Å². The van der Waals surface area contributed by atoms with E-state index in [1.807, 2.05) is 11.4 Å². The number of carbonyl (C=O) groups excluding carboxylic acids is 1. The lowest BCUT2D eigenvalue weighted by Gasteiger charge is -2.03. The Labute approximate surface area is 176 Å². The molecule has 1 aromatic carbocycles. The van der Waals surface area contributed by atoms with Crippen LogP contribution in [0.25, 0.3) is 11.3 Å². The molecule has 0 bridgehead atoms. The van der Waals surface area contributed by atoms with Gasteiger partial charge in [0, 0.05) is 22.4 Å². The highest BCUT2D eigenvalue weighted by molar-refractivity contribution is 7.14. The van der Waals surface area contributed by atoms with E-state index in [2.05, 4.69) is 17.2 Å². The molecule has 2 aromatic rings. The summed E-state index contributed by atoms with van der Waals surface area (Å²) >= 11 is 13.6. The molecule has 0 atom stereocenters. The number of hydrogen-bond acceptors (Lipinski definition) is 3. The molecule has 148 valence electrons. The lowest BCUT2D eigenvalue weighted by atomic mass is 10.1. The fourth-order valence-corrected chi connectivity index (χ4v) is 4.16. The second-order valence-electron chi connectivity index (χ2n) is 6.79. The molecule has 1 heterocycles. The van der Waals surface area contributed by atoms with Crippen LogP contribution in [0.3, 0.4) is 0 Å². The first kappa shape index (κ1) is 22.2. The molecular weight excluding hydrogens is 399 g/mol. The Morgan fingerprint density at radius 2 is 1.70 bits per heavy atom. The summed E-state index contributed by atoms with van der Waals surface area (Å²) in [5.41, 5.74) is 1.57. The maximum absolute atomic E-state index is 12.1. The number of amides is 1. The molecule has 6 heteroatoms. The molecule has 0 saturated heterocycles. The molecule has 1 amide bonds. The number of thiazole rings is 1. The molecule has 1 N–H and O–H groups in total. The molecule has 1 aromatic heterocycles. The van der Waals surface area contributed by atoms with Gasteiger partial charge < -0.3 is 5.32 Å². The van der Waals surface area contributed by atoms with Gasteiger partial charge in [-0.1, -0.05) is 81.5 Å². The molecule has 0 saturated carbocycles. The molecule has 0 spiro atoms. The van der Waals surface area contributed by atoms with E-state index >= 15 is 0 Å². The summed E-state index contributed by atoms with van der Waals surface area (Å²) in [7, 11) is 0. The van der Waals surface area contributed by atoms with Gasteiger partial charge in [-0.15, -0.1) is 11.3 Å². The number of hydrogen-bond donors (Lipinski definition) is 1. The van der Waals surface area contributed by atoms with E-state index in [9.17, 15) is 4.79 Å². The van der Waals surface area contributed by atoms with Crippen LogP contribution >= 0.6 is 34.5 Å². The van der Waals surface area contributed by atoms with Crippen LogP contribution in [0.4, 0.5) is 5.13 Å². The summed E-state index contributed by atoms with van der Waals surface area (Å²) in [5.74, 6) is 0.0287. The molecule has 0 radical (unpaired) electrons. The minimum Gasteiger partial charge on any atom is -0.302 e. The van der Waals surface area contributed by atoms with Crippen molar-refractivity contribution in [2.24, 2.45) is 0 Å². The standard InChI is InChI=1S/C21H28Cl2N2OS/c1-2-3-4-5-6-7-8-9-10-11-20(26)25-21-24-19(15-27-21)17-13-12-16(22)14-18(17)23/h12-15H,2-11H2,1H3,(H,24,25,26). The van der Waals surface area contributed by atoms with Crippen LogP contribution in [0, 0.1) is 0 Å². The van der Waals surface area contributed by atoms with E-state index in [1.165, 1.54) is 56.3 Å². The molecule has 2 rings (SSSR count). The number of benzene rings is 1. The SMILES string of the molecule is CCCCCCCCCCCC(=O)Nc1nc(-c2ccc(Cl)cc2Cl)cs1. The third-order valence-corrected chi connectivity index (χ3v) is 5.77. The van der Waals surface area contributed by atoms with Gasteiger partial charge in [-0.3, -0.25) is 4.79 Å². The summed E-state index contributed by atoms with van der Waals surface area (Å²) < 4.78 is 0. The highest BCUT2D eigenvalue weighted by Gasteiger charge is 2.10. The molecule has 0 aliphatic heterocycles. The number of carbonyl (C=O) groups is 1. The Morgan fingerprint density at radius 1 is 1.04 bits per heavy atom. The lowest BCUT2D eigenvalue weighted by Crippen LogP contribution is -2.10. The number of halogens is 2. The van der Waals surface area contributed by atoms with E-state index in [1.54, 1.807) is 12.1 Å². The topological polar surface area (TPSA) is 42.0 Å². The van der Waals surface area contributed by atoms with Crippen LogP contribution in [0.2, 0.25) is 10.0 Å². The van der Waals surface area contributed by atoms with Gasteiger partial charge in [-0.05, 0) is 24.6 Å². The number of nitrogens with one attached hydrogen (secondary N) is 1. The second-order valence-corrected chi connectivity index (χ2v) is 8.49. The zero-order valence-electron chi connectivity index (χ0n) is 15.9. The highest BCUT2D eigenvalue weighted by Crippen LogP contribution is 2.32. The van der Waals surface area contributed by atoms with Crippen molar-refractivity contribution in [3.8, 4) is 11.3 Å². The van der Waals surface area contributed by atoms with Crippen LogP contribution in [0.15, 0.2) is 23.6 Å². The largest absolute Gasteiger partial charge is 0.302 e. The summed E-state index contributed by atoms with van der Waals surface area (Å²) in [6.45, 7) is 2.24. The Hall–Kier alpha value is -1.10. The molecule has 0 aliphatic carbocycles. The van der Waals surface area contributed by atoms with Crippen molar-refractivity contribution in [1.29, 1.82) is 0 Å². The van der Waals surface area contributed by atoms with E-state index in [4.69, 9.17) is 23.2 Å². The van der Waals surface area contributed by atoms with Crippen molar-refractivity contribution in [3.63, 3.8) is 0 Å². The number of nitrogens with zero attached hydrogens (tertiary/aromatic N) is 1. The minimum atomic E-state index is 0.0287. The van der Waals surface area contributed by atoms with Gasteiger partial charge >= 0.3 is 0 Å². The Morgan fingerprint density at radius 3 is 2.37 bits per heavy atom. The quantitative estimate of drug-likeness (QED) is 0.349. The summed E-state index contributed by atoms with van der Waals surface area (Å²) in [6, 6.07) is 5.32. The van der Waals surface area contributed by atoms with Gasteiger partial charge in [0.25, 0.3) is 0 Å². The predicted molar refractivity (Wildman–Crippen MR) is 118 cm³/mol. The monoisotopic (exact) mass is 426 g/mol. The van der Waals surface area contributed by atoms with E-state index in [-0.39, 0.29) is 5.91 Å². The van der Waals surface area contributed by atoms with Crippen LogP contribution in [-0.4, -0.2) is 10.9 Å². The predicted octanol–water partition coefficient (Wildman–Crippen LogP) is 7.98. The van der Waals surface area contributed by atoms with Gasteiger partial charge in [0.15, 0.2) is 5.13 Å². The molecule has 0 unspecified atom stereocenters. The van der Waals surface area contributed by atoms with Crippen molar-refractivity contribution < 1.29 is 4.79 Å². The average Bonchev–Trinajstić information content (AvgIpc) is 3.08. The molecule has 0 fully saturated rings. The van der Waals surface area contributed by atoms with Crippen LogP contribution in [0.1, 0.15) is 71.1 Å². The number of unbranched alkanes of at least 4 members (excludes halogenated alkanes) is 8. The number of anilines is 1. The minimum absolute atomic E-state index is 0.0287. The molecular formula is C21H28Cl2N2OS. The smallest absolute Gasteiger partial charge is 0.226 e. The Bertz CT molecular complexity index is 718. The summed E-state index contributed by atoms with van der Waals surface area (Å²) in [4.78, 5) is 16.6. The van der Waals surface area contributed by atoms with E-state index in [0.29, 0.717) is 21.6 Å². The normalized spacial score (nSPS) is 10.9. The fourth-order valence-electron chi connectivity index (χ4n) is 2.93. The van der Waals surface area contributed by atoms with Gasteiger partial charge in [-0.2, -0.15) is 0 Å². The number of rotatable bonds is 12. The molecule has 27 heavy (non-hydrogen) atoms. The first-order chi connectivity index (χ1) is 13.1. The van der Waals surface area contributed by atoms with Crippen LogP contribution < -0.4 is 5.32 Å². The van der Waals surface area contributed by atoms with Crippen LogP contribution in [0.5, 0.6) is 0 Å². The second kappa shape index (κ2) is 12.4. The summed E-state index contributed by atoms with van der Waals surface area (Å²) in [6.07, 6.45) is 11.8. The van der Waals surface area contributed by atoms with Gasteiger partial charge in [0.05, 0.1) is 10.7 Å². The third-order valence-electron chi connectivity index (χ3n) is 4.47. The lowest BCUT2D eigenvalue weighted by molar-refractivity contribution is -0.116. The van der Waals surface area contributed by atoms with Gasteiger partial charge in [0.1, 0.15) is 0 Å². The third kappa shape index (κ3) is 8.20. The zero-order valence-corrected chi connectivity index (χ0v) is 18.2. The maximum atomic E-state index is 12.1. The average molecular weight is 427 g/mol. The van der Waals surface area contributed by atoms with Crippen molar-refractivity contribution in [2.75, 3.05) is 5.32 Å². The van der Waals surface area contributed by atoms with E-state index < -0.39 is 0 Å². The fraction of sp³-hybridized carbons (Fsp3) is 0.524. The van der Waals surface area contributed by atoms with Crippen molar-refractivity contribution in [3.05, 3.63) is 33.6 Å². The van der Waals surface area contributed by atoms with Crippen molar-refractivity contribution in [2.45, 2.75) is 71.1 Å². The maximum Gasteiger partial charge on any atom is 0.226 e. The number of aromatic nitrogens is 1. The highest BCUT2D eigenvalue weighted by atomic mass is 35.5. The van der Waals surface area contributed by atoms with Crippen LogP contribution in [-0.2, 0) is 4.79 Å². The summed E-state index contributed by atoms with van der Waals surface area (Å²) in [5, 5.41) is 6.53. The Balaban J connectivity index is 1.66. The van der Waals surface area contributed by atoms with Crippen molar-refractivity contribution in [1.82, 2.24) is 4.98 Å². The first-order valence-corrected chi connectivity index (χ1v) is 11.4. The van der Waals surface area contributed by atoms with E-state index in [0.717, 1.165) is 24.1 Å². The molecule has 0 aliphatic rings. The van der Waals surface area contributed by atoms with Crippen molar-refractivity contribution >= 4 is 45.6 Å². The zero-order chi connectivity index (χ0) is 19.5. The first-order valence-electron chi connectivity index (χ1n) is 9.81. The Kier molecular flexibility index (Phi) is 10.2. The molecule has 3 nitrogen and oxygen atoms in total. The van der Waals surface area contributed by atoms with Gasteiger partial charge in [-0.25, -0.2) is 4.98 Å².